The molecule has 0 aliphatic carbocycles. The number of methoxy groups -OCH3 is 1. The van der Waals surface area contributed by atoms with Crippen LogP contribution in [0.5, 0.6) is 5.75 Å². The molecule has 0 saturated heterocycles. The second-order valence-electron chi connectivity index (χ2n) is 9.88. The summed E-state index contributed by atoms with van der Waals surface area (Å²) in [5.74, 6) is 0.0416. The van der Waals surface area contributed by atoms with E-state index in [1.54, 1.807) is 18.9 Å². The van der Waals surface area contributed by atoms with E-state index in [-0.39, 0.29) is 5.91 Å². The minimum absolute atomic E-state index is 0.359. The molecule has 0 unspecified atom stereocenters. The van der Waals surface area contributed by atoms with Crippen LogP contribution in [0.25, 0.3) is 11.1 Å². The molecule has 0 heterocycles. The molecule has 1 atom stereocenters. The van der Waals surface area contributed by atoms with Gasteiger partial charge in [-0.25, -0.2) is 4.79 Å². The summed E-state index contributed by atoms with van der Waals surface area (Å²) in [6, 6.07) is 31.1. The van der Waals surface area contributed by atoms with Gasteiger partial charge in [0.2, 0.25) is 0 Å². The summed E-state index contributed by atoms with van der Waals surface area (Å²) in [7, 11) is 1.66. The number of hydrogen-bond acceptors (Lipinski definition) is 5. The van der Waals surface area contributed by atoms with Crippen molar-refractivity contribution in [2.75, 3.05) is 24.0 Å². The Morgan fingerprint density at radius 3 is 2.20 bits per heavy atom. The maximum absolute atomic E-state index is 13.5. The van der Waals surface area contributed by atoms with Gasteiger partial charge in [0.15, 0.2) is 0 Å². The van der Waals surface area contributed by atoms with Gasteiger partial charge in [-0.15, -0.1) is 0 Å². The van der Waals surface area contributed by atoms with Crippen LogP contribution < -0.4 is 15.0 Å². The van der Waals surface area contributed by atoms with Crippen LogP contribution in [0.15, 0.2) is 97.1 Å². The molecule has 41 heavy (non-hydrogen) atoms. The third kappa shape index (κ3) is 7.92. The van der Waals surface area contributed by atoms with Gasteiger partial charge in [0.25, 0.3) is 5.91 Å². The smallest absolute Gasteiger partial charge is 0.326 e. The van der Waals surface area contributed by atoms with Gasteiger partial charge in [0.1, 0.15) is 11.8 Å². The van der Waals surface area contributed by atoms with E-state index in [0.717, 1.165) is 39.3 Å². The lowest BCUT2D eigenvalue weighted by atomic mass is 9.93. The van der Waals surface area contributed by atoms with Crippen molar-refractivity contribution < 1.29 is 19.4 Å². The first-order valence-corrected chi connectivity index (χ1v) is 14.9. The average molecular weight is 569 g/mol. The highest BCUT2D eigenvalue weighted by Crippen LogP contribution is 2.30. The van der Waals surface area contributed by atoms with Gasteiger partial charge in [-0.2, -0.15) is 11.8 Å². The monoisotopic (exact) mass is 568 g/mol. The quantitative estimate of drug-likeness (QED) is 0.184. The lowest BCUT2D eigenvalue weighted by molar-refractivity contribution is -0.139. The molecule has 2 N–H and O–H groups in total. The molecule has 0 spiro atoms. The van der Waals surface area contributed by atoms with E-state index in [0.29, 0.717) is 30.8 Å². The number of amides is 1. The van der Waals surface area contributed by atoms with E-state index in [9.17, 15) is 14.7 Å². The molecule has 0 aromatic heterocycles. The van der Waals surface area contributed by atoms with Gasteiger partial charge in [-0.05, 0) is 89.6 Å². The highest BCUT2D eigenvalue weighted by Gasteiger charge is 2.23. The molecule has 0 aliphatic heterocycles. The van der Waals surface area contributed by atoms with Crippen molar-refractivity contribution in [3.63, 3.8) is 0 Å². The lowest BCUT2D eigenvalue weighted by Crippen LogP contribution is -2.41. The second kappa shape index (κ2) is 14.4. The zero-order valence-electron chi connectivity index (χ0n) is 23.7. The molecular weight excluding hydrogens is 532 g/mol. The van der Waals surface area contributed by atoms with Crippen LogP contribution in [0.2, 0.25) is 0 Å². The number of aryl methyl sites for hydroxylation is 1. The Balaban J connectivity index is 1.69. The number of hydrogen-bond donors (Lipinski definition) is 2. The number of thioether (sulfide) groups is 1. The van der Waals surface area contributed by atoms with Gasteiger partial charge in [-0.3, -0.25) is 4.79 Å². The third-order valence-electron chi connectivity index (χ3n) is 7.01. The van der Waals surface area contributed by atoms with Crippen molar-refractivity contribution in [3.8, 4) is 16.9 Å². The number of carbonyl (C=O) groups excluding carboxylic acids is 1. The third-order valence-corrected chi connectivity index (χ3v) is 7.65. The summed E-state index contributed by atoms with van der Waals surface area (Å²) in [5.41, 5.74) is 6.49. The summed E-state index contributed by atoms with van der Waals surface area (Å²) in [6.07, 6.45) is 2.28. The molecular formula is C34H36N2O4S. The summed E-state index contributed by atoms with van der Waals surface area (Å²) in [5, 5.41) is 12.4. The van der Waals surface area contributed by atoms with Gasteiger partial charge in [0, 0.05) is 24.3 Å². The number of nitrogens with zero attached hydrogens (tertiary/aromatic N) is 1. The summed E-state index contributed by atoms with van der Waals surface area (Å²) >= 11 is 1.55. The highest BCUT2D eigenvalue weighted by molar-refractivity contribution is 7.98. The molecule has 0 radical (unpaired) electrons. The zero-order valence-corrected chi connectivity index (χ0v) is 24.5. The first kappa shape index (κ1) is 29.7. The van der Waals surface area contributed by atoms with Crippen LogP contribution in [-0.2, 0) is 17.9 Å². The summed E-state index contributed by atoms with van der Waals surface area (Å²) in [6.45, 7) is 3.32. The minimum atomic E-state index is -1.03. The lowest BCUT2D eigenvalue weighted by Gasteiger charge is -2.26. The van der Waals surface area contributed by atoms with Crippen LogP contribution in [-0.4, -0.2) is 42.1 Å². The topological polar surface area (TPSA) is 78.9 Å². The molecule has 7 heteroatoms. The fourth-order valence-electron chi connectivity index (χ4n) is 4.76. The predicted octanol–water partition coefficient (Wildman–Crippen LogP) is 6.81. The van der Waals surface area contributed by atoms with Crippen LogP contribution in [0.4, 0.5) is 5.69 Å². The molecule has 0 saturated carbocycles. The Bertz CT molecular complexity index is 1460. The maximum Gasteiger partial charge on any atom is 0.326 e. The highest BCUT2D eigenvalue weighted by atomic mass is 32.2. The molecule has 0 aliphatic rings. The van der Waals surface area contributed by atoms with E-state index < -0.39 is 12.0 Å². The normalized spacial score (nSPS) is 11.5. The molecule has 0 bridgehead atoms. The number of rotatable bonds is 13. The molecule has 212 valence electrons. The van der Waals surface area contributed by atoms with Crippen LogP contribution >= 0.6 is 11.8 Å². The van der Waals surface area contributed by atoms with Crippen molar-refractivity contribution in [1.29, 1.82) is 0 Å². The molecule has 4 rings (SSSR count). The fraction of sp³-hybridized carbons (Fsp3) is 0.235. The number of carboxylic acid groups (broad SMARTS) is 1. The van der Waals surface area contributed by atoms with Gasteiger partial charge >= 0.3 is 5.97 Å². The van der Waals surface area contributed by atoms with Crippen LogP contribution in [0, 0.1) is 6.92 Å². The fourth-order valence-corrected chi connectivity index (χ4v) is 5.24. The number of carboxylic acids is 1. The van der Waals surface area contributed by atoms with E-state index in [1.807, 2.05) is 79.9 Å². The zero-order chi connectivity index (χ0) is 29.2. The largest absolute Gasteiger partial charge is 0.497 e. The molecule has 4 aromatic rings. The first-order chi connectivity index (χ1) is 19.9. The molecule has 0 fully saturated rings. The van der Waals surface area contributed by atoms with Crippen molar-refractivity contribution in [2.24, 2.45) is 0 Å². The van der Waals surface area contributed by atoms with E-state index in [4.69, 9.17) is 4.74 Å². The molecule has 4 aromatic carbocycles. The Morgan fingerprint density at radius 1 is 0.878 bits per heavy atom. The Kier molecular flexibility index (Phi) is 10.5. The van der Waals surface area contributed by atoms with Gasteiger partial charge < -0.3 is 20.1 Å². The van der Waals surface area contributed by atoms with Gasteiger partial charge in [0.05, 0.1) is 7.11 Å². The average Bonchev–Trinajstić information content (AvgIpc) is 2.99. The number of anilines is 1. The number of benzene rings is 4. The minimum Gasteiger partial charge on any atom is -0.497 e. The van der Waals surface area contributed by atoms with Crippen molar-refractivity contribution in [1.82, 2.24) is 5.32 Å². The van der Waals surface area contributed by atoms with Crippen LogP contribution in [0.3, 0.4) is 0 Å². The second-order valence-corrected chi connectivity index (χ2v) is 10.9. The first-order valence-electron chi connectivity index (χ1n) is 13.5. The van der Waals surface area contributed by atoms with E-state index >= 15 is 0 Å². The number of aliphatic carboxylic acids is 1. The van der Waals surface area contributed by atoms with E-state index in [2.05, 4.69) is 40.5 Å². The maximum atomic E-state index is 13.5. The van der Waals surface area contributed by atoms with E-state index in [1.165, 1.54) is 0 Å². The SMILES string of the molecule is COc1ccc(CN(Cc2ccc(C(=O)N[C@@H](CCSC)C(=O)O)c(-c3ccccc3C)c2)c2ccccc2)cc1. The van der Waals surface area contributed by atoms with Crippen LogP contribution in [0.1, 0.15) is 33.5 Å². The van der Waals surface area contributed by atoms with Gasteiger partial charge in [-0.1, -0.05) is 60.7 Å². The predicted molar refractivity (Wildman–Crippen MR) is 168 cm³/mol. The Hall–Kier alpha value is -4.23. The summed E-state index contributed by atoms with van der Waals surface area (Å²) < 4.78 is 5.33. The number of nitrogens with one attached hydrogen (secondary N) is 1. The molecule has 6 nitrogen and oxygen atoms in total. The van der Waals surface area contributed by atoms with Crippen molar-refractivity contribution in [3.05, 3.63) is 119 Å². The Morgan fingerprint density at radius 2 is 1.54 bits per heavy atom. The Labute approximate surface area is 246 Å². The standard InChI is InChI=1S/C34H36N2O4S/c1-24-9-7-8-12-29(24)31-21-26(15-18-30(31)33(37)35-32(34(38)39)19-20-41-3)23-36(27-10-5-4-6-11-27)22-25-13-16-28(40-2)17-14-25/h4-18,21,32H,19-20,22-23H2,1-3H3,(H,35,37)(H,38,39)/t32-/m0/s1. The number of carbonyl (C=O) groups is 2. The summed E-state index contributed by atoms with van der Waals surface area (Å²) in [4.78, 5) is 27.6. The van der Waals surface area contributed by atoms with Crippen molar-refractivity contribution >= 4 is 29.3 Å². The molecule has 1 amide bonds. The number of ether oxygens (including phenoxy) is 1. The van der Waals surface area contributed by atoms with Crippen molar-refractivity contribution in [2.45, 2.75) is 32.5 Å². The number of para-hydroxylation sites is 1.